The molecule has 1 atom stereocenters. The predicted molar refractivity (Wildman–Crippen MR) is 133 cm³/mol. The van der Waals surface area contributed by atoms with Gasteiger partial charge < -0.3 is 10.3 Å². The summed E-state index contributed by atoms with van der Waals surface area (Å²) in [5, 5.41) is 2.89. The summed E-state index contributed by atoms with van der Waals surface area (Å²) in [6.07, 6.45) is 2.79. The number of hydrogen-bond donors (Lipinski definition) is 2. The number of para-hydroxylation sites is 2. The number of amides is 1. The third-order valence-electron chi connectivity index (χ3n) is 6.25. The van der Waals surface area contributed by atoms with E-state index < -0.39 is 10.0 Å². The van der Waals surface area contributed by atoms with Crippen LogP contribution in [0.4, 0.5) is 5.69 Å². The van der Waals surface area contributed by atoms with E-state index in [0.29, 0.717) is 17.8 Å². The Morgan fingerprint density at radius 2 is 1.82 bits per heavy atom. The summed E-state index contributed by atoms with van der Waals surface area (Å²) in [7, 11) is -3.57. The van der Waals surface area contributed by atoms with Crippen LogP contribution in [0.15, 0.2) is 77.7 Å². The lowest BCUT2D eigenvalue weighted by Gasteiger charge is -2.32. The van der Waals surface area contributed by atoms with Crippen LogP contribution in [0.5, 0.6) is 0 Å². The molecule has 0 saturated carbocycles. The number of aromatic nitrogens is 2. The molecule has 1 amide bonds. The summed E-state index contributed by atoms with van der Waals surface area (Å²) in [6.45, 7) is 2.48. The summed E-state index contributed by atoms with van der Waals surface area (Å²) >= 11 is 0. The van der Waals surface area contributed by atoms with Crippen LogP contribution in [0.3, 0.4) is 0 Å². The molecule has 7 nitrogen and oxygen atoms in total. The van der Waals surface area contributed by atoms with Gasteiger partial charge in [0.15, 0.2) is 0 Å². The lowest BCUT2D eigenvalue weighted by Crippen LogP contribution is -2.41. The summed E-state index contributed by atoms with van der Waals surface area (Å²) in [5.41, 5.74) is 3.69. The average molecular weight is 475 g/mol. The molecule has 8 heteroatoms. The van der Waals surface area contributed by atoms with Gasteiger partial charge in [0, 0.05) is 29.4 Å². The van der Waals surface area contributed by atoms with Gasteiger partial charge >= 0.3 is 0 Å². The van der Waals surface area contributed by atoms with Gasteiger partial charge in [-0.1, -0.05) is 30.7 Å². The van der Waals surface area contributed by atoms with Crippen molar-refractivity contribution in [1.29, 1.82) is 0 Å². The molecule has 1 fully saturated rings. The molecule has 174 valence electrons. The molecule has 1 aromatic heterocycles. The second-order valence-corrected chi connectivity index (χ2v) is 10.5. The fourth-order valence-corrected chi connectivity index (χ4v) is 6.08. The number of hydrogen-bond acceptors (Lipinski definition) is 4. The first-order chi connectivity index (χ1) is 16.4. The highest BCUT2D eigenvalue weighted by Crippen LogP contribution is 2.26. The van der Waals surface area contributed by atoms with Crippen LogP contribution in [0.2, 0.25) is 0 Å². The Morgan fingerprint density at radius 3 is 2.59 bits per heavy atom. The number of carbonyl (C=O) groups is 1. The third-order valence-corrected chi connectivity index (χ3v) is 8.28. The van der Waals surface area contributed by atoms with Crippen molar-refractivity contribution in [2.45, 2.75) is 37.1 Å². The lowest BCUT2D eigenvalue weighted by molar-refractivity contribution is 0.102. The number of fused-ring (bicyclic) bond motifs is 1. The highest BCUT2D eigenvalue weighted by atomic mass is 32.2. The van der Waals surface area contributed by atoms with Crippen molar-refractivity contribution in [3.8, 4) is 11.4 Å². The van der Waals surface area contributed by atoms with Gasteiger partial charge in [-0.05, 0) is 68.3 Å². The summed E-state index contributed by atoms with van der Waals surface area (Å²) < 4.78 is 27.6. The van der Waals surface area contributed by atoms with Crippen molar-refractivity contribution < 1.29 is 13.2 Å². The van der Waals surface area contributed by atoms with Gasteiger partial charge in [0.1, 0.15) is 5.82 Å². The molecule has 2 N–H and O–H groups in total. The maximum atomic E-state index is 13.0. The zero-order valence-electron chi connectivity index (χ0n) is 18.9. The summed E-state index contributed by atoms with van der Waals surface area (Å²) in [5.74, 6) is 0.413. The Balaban J connectivity index is 1.32. The number of nitrogens with zero attached hydrogens (tertiary/aromatic N) is 2. The largest absolute Gasteiger partial charge is 0.338 e. The minimum absolute atomic E-state index is 0.0132. The van der Waals surface area contributed by atoms with E-state index in [9.17, 15) is 13.2 Å². The molecule has 0 aliphatic carbocycles. The smallest absolute Gasteiger partial charge is 0.255 e. The fourth-order valence-electron chi connectivity index (χ4n) is 4.38. The van der Waals surface area contributed by atoms with E-state index in [1.807, 2.05) is 49.4 Å². The highest BCUT2D eigenvalue weighted by molar-refractivity contribution is 7.89. The van der Waals surface area contributed by atoms with Crippen molar-refractivity contribution in [3.63, 3.8) is 0 Å². The Labute approximate surface area is 198 Å². The maximum absolute atomic E-state index is 13.0. The number of sulfonamides is 1. The molecular formula is C26H26N4O3S. The molecule has 1 aliphatic heterocycles. The molecule has 1 aliphatic rings. The number of imidazole rings is 1. The molecule has 1 saturated heterocycles. The molecule has 5 rings (SSSR count). The van der Waals surface area contributed by atoms with Crippen LogP contribution in [0.1, 0.15) is 36.5 Å². The number of rotatable bonds is 5. The third kappa shape index (κ3) is 4.34. The van der Waals surface area contributed by atoms with Gasteiger partial charge in [0.2, 0.25) is 10.0 Å². The molecule has 3 aromatic carbocycles. The molecule has 34 heavy (non-hydrogen) atoms. The van der Waals surface area contributed by atoms with E-state index in [4.69, 9.17) is 0 Å². The van der Waals surface area contributed by atoms with Crippen LogP contribution in [-0.2, 0) is 10.0 Å². The van der Waals surface area contributed by atoms with E-state index in [-0.39, 0.29) is 16.8 Å². The highest BCUT2D eigenvalue weighted by Gasteiger charge is 2.30. The molecule has 0 bridgehead atoms. The van der Waals surface area contributed by atoms with Gasteiger partial charge in [-0.25, -0.2) is 13.4 Å². The Hall–Kier alpha value is -3.49. The molecule has 4 aromatic rings. The van der Waals surface area contributed by atoms with Gasteiger partial charge in [-0.3, -0.25) is 4.79 Å². The lowest BCUT2D eigenvalue weighted by atomic mass is 10.1. The normalized spacial score (nSPS) is 17.0. The predicted octanol–water partition coefficient (Wildman–Crippen LogP) is 5.05. The summed E-state index contributed by atoms with van der Waals surface area (Å²) in [6, 6.07) is 21.4. The van der Waals surface area contributed by atoms with E-state index in [0.717, 1.165) is 41.7 Å². The number of benzene rings is 3. The van der Waals surface area contributed by atoms with Crippen LogP contribution in [-0.4, -0.2) is 41.2 Å². The van der Waals surface area contributed by atoms with Crippen molar-refractivity contribution in [2.75, 3.05) is 11.9 Å². The number of H-pyrrole nitrogens is 1. The molecule has 1 unspecified atom stereocenters. The Morgan fingerprint density at radius 1 is 1.03 bits per heavy atom. The fraction of sp³-hybridized carbons (Fsp3) is 0.231. The first-order valence-corrected chi connectivity index (χ1v) is 12.8. The average Bonchev–Trinajstić information content (AvgIpc) is 3.29. The quantitative estimate of drug-likeness (QED) is 0.423. The molecular weight excluding hydrogens is 448 g/mol. The molecule has 0 spiro atoms. The monoisotopic (exact) mass is 474 g/mol. The van der Waals surface area contributed by atoms with Crippen LogP contribution in [0, 0.1) is 0 Å². The second kappa shape index (κ2) is 9.04. The Kier molecular flexibility index (Phi) is 5.93. The topological polar surface area (TPSA) is 95.2 Å². The van der Waals surface area contributed by atoms with Crippen molar-refractivity contribution in [2.24, 2.45) is 0 Å². The van der Waals surface area contributed by atoms with E-state index in [1.54, 1.807) is 22.5 Å². The minimum Gasteiger partial charge on any atom is -0.338 e. The molecule has 2 heterocycles. The van der Waals surface area contributed by atoms with Gasteiger partial charge in [-0.2, -0.15) is 4.31 Å². The number of piperidine rings is 1. The first-order valence-electron chi connectivity index (χ1n) is 11.4. The van der Waals surface area contributed by atoms with Crippen LogP contribution >= 0.6 is 0 Å². The molecule has 0 radical (unpaired) electrons. The van der Waals surface area contributed by atoms with Gasteiger partial charge in [-0.15, -0.1) is 0 Å². The van der Waals surface area contributed by atoms with E-state index in [1.165, 1.54) is 12.1 Å². The SMILES string of the molecule is CC1CCCCN1S(=O)(=O)c1ccc(C(=O)Nc2cccc(-c3nc4ccccc4[nH]3)c2)cc1. The van der Waals surface area contributed by atoms with Crippen LogP contribution < -0.4 is 5.32 Å². The van der Waals surface area contributed by atoms with Crippen molar-refractivity contribution in [3.05, 3.63) is 78.4 Å². The number of aromatic amines is 1. The number of carbonyl (C=O) groups excluding carboxylic acids is 1. The van der Waals surface area contributed by atoms with Gasteiger partial charge in [0.25, 0.3) is 5.91 Å². The second-order valence-electron chi connectivity index (χ2n) is 8.62. The van der Waals surface area contributed by atoms with Crippen molar-refractivity contribution in [1.82, 2.24) is 14.3 Å². The number of nitrogens with one attached hydrogen (secondary N) is 2. The van der Waals surface area contributed by atoms with Crippen molar-refractivity contribution >= 4 is 32.7 Å². The Bertz CT molecular complexity index is 1410. The van der Waals surface area contributed by atoms with Gasteiger partial charge in [0.05, 0.1) is 15.9 Å². The van der Waals surface area contributed by atoms with E-state index in [2.05, 4.69) is 15.3 Å². The maximum Gasteiger partial charge on any atom is 0.255 e. The zero-order chi connectivity index (χ0) is 23.7. The summed E-state index contributed by atoms with van der Waals surface area (Å²) in [4.78, 5) is 20.9. The standard InChI is InChI=1S/C26H26N4O3S/c1-18-7-4-5-16-30(18)34(32,33)22-14-12-19(13-15-22)26(31)27-21-9-6-8-20(17-21)25-28-23-10-2-3-11-24(23)29-25/h2-3,6,8-15,17-18H,4-5,7,16H2,1H3,(H,27,31)(H,28,29). The minimum atomic E-state index is -3.57. The zero-order valence-corrected chi connectivity index (χ0v) is 19.7. The first kappa shape index (κ1) is 22.3. The van der Waals surface area contributed by atoms with Crippen LogP contribution in [0.25, 0.3) is 22.4 Å². The van der Waals surface area contributed by atoms with E-state index >= 15 is 0 Å². The number of anilines is 1.